The first-order chi connectivity index (χ1) is 14.3. The molecule has 2 aromatic heterocycles. The molecule has 2 fully saturated rings. The summed E-state index contributed by atoms with van der Waals surface area (Å²) >= 11 is 0. The molecule has 4 rings (SSSR count). The molecule has 1 saturated heterocycles. The van der Waals surface area contributed by atoms with E-state index in [1.54, 1.807) is 7.11 Å². The van der Waals surface area contributed by atoms with Gasteiger partial charge in [0.15, 0.2) is 5.75 Å². The molecule has 1 unspecified atom stereocenters. The highest BCUT2D eigenvalue weighted by Crippen LogP contribution is 2.35. The summed E-state index contributed by atoms with van der Waals surface area (Å²) in [5.74, 6) is 1.32. The van der Waals surface area contributed by atoms with Crippen molar-refractivity contribution in [2.45, 2.75) is 56.7 Å². The zero-order chi connectivity index (χ0) is 20.1. The Hall–Kier alpha value is -2.18. The number of hydrogen-bond donors (Lipinski definition) is 1. The van der Waals surface area contributed by atoms with Crippen LogP contribution >= 0.6 is 0 Å². The van der Waals surface area contributed by atoms with Gasteiger partial charge in [0.25, 0.3) is 5.88 Å². The van der Waals surface area contributed by atoms with E-state index in [0.29, 0.717) is 17.7 Å². The molecule has 0 amide bonds. The highest BCUT2D eigenvalue weighted by molar-refractivity contribution is 5.38. The van der Waals surface area contributed by atoms with E-state index >= 15 is 0 Å². The lowest BCUT2D eigenvalue weighted by Crippen LogP contribution is -2.43. The Bertz CT molecular complexity index is 774. The van der Waals surface area contributed by atoms with Crippen molar-refractivity contribution in [1.82, 2.24) is 20.2 Å². The van der Waals surface area contributed by atoms with E-state index in [9.17, 15) is 0 Å². The van der Waals surface area contributed by atoms with Crippen LogP contribution < -0.4 is 14.8 Å². The van der Waals surface area contributed by atoms with Crippen molar-refractivity contribution in [1.29, 1.82) is 0 Å². The van der Waals surface area contributed by atoms with E-state index < -0.39 is 0 Å². The number of hydrogen-bond acceptors (Lipinski definition) is 6. The number of nitrogens with zero attached hydrogens (tertiary/aromatic N) is 3. The van der Waals surface area contributed by atoms with Gasteiger partial charge in [-0.3, -0.25) is 9.88 Å². The van der Waals surface area contributed by atoms with Gasteiger partial charge < -0.3 is 14.8 Å². The number of pyridine rings is 2. The van der Waals surface area contributed by atoms with Crippen molar-refractivity contribution in [2.24, 2.45) is 0 Å². The average molecular weight is 397 g/mol. The summed E-state index contributed by atoms with van der Waals surface area (Å²) in [6.07, 6.45) is 10.9. The first-order valence-corrected chi connectivity index (χ1v) is 10.8. The van der Waals surface area contributed by atoms with E-state index in [2.05, 4.69) is 34.4 Å². The second-order valence-corrected chi connectivity index (χ2v) is 8.10. The molecule has 1 aliphatic carbocycles. The highest BCUT2D eigenvalue weighted by Gasteiger charge is 2.29. The summed E-state index contributed by atoms with van der Waals surface area (Å²) in [6.45, 7) is 2.11. The minimum absolute atomic E-state index is 0.0311. The molecule has 1 saturated carbocycles. The van der Waals surface area contributed by atoms with Gasteiger partial charge in [-0.1, -0.05) is 6.07 Å². The van der Waals surface area contributed by atoms with Crippen LogP contribution in [-0.2, 0) is 0 Å². The maximum Gasteiger partial charge on any atom is 0.257 e. The number of nitrogens with one attached hydrogen (secondary N) is 1. The minimum Gasteiger partial charge on any atom is -0.491 e. The minimum atomic E-state index is 0.0311. The molecular weight excluding hydrogens is 364 g/mol. The third-order valence-corrected chi connectivity index (χ3v) is 6.22. The van der Waals surface area contributed by atoms with Gasteiger partial charge in [0, 0.05) is 18.4 Å². The van der Waals surface area contributed by atoms with Crippen LogP contribution in [-0.4, -0.2) is 54.3 Å². The first-order valence-electron chi connectivity index (χ1n) is 10.8. The van der Waals surface area contributed by atoms with Gasteiger partial charge in [0.1, 0.15) is 6.10 Å². The number of methoxy groups -OCH3 is 1. The Morgan fingerprint density at radius 2 is 1.90 bits per heavy atom. The van der Waals surface area contributed by atoms with Crippen LogP contribution in [0.15, 0.2) is 36.7 Å². The molecule has 6 heteroatoms. The summed E-state index contributed by atoms with van der Waals surface area (Å²) in [7, 11) is 3.88. The standard InChI is InChI=1S/C23H32N4O2/c1-27(18-11-14-24-15-12-18)22(17-6-5-13-25-16-17)20-9-10-21(28-2)23(26-20)29-19-7-3-4-8-19/h5-6,9-10,13,16,18-19,22,24H,3-4,7-8,11-12,14-15H2,1-2H3. The summed E-state index contributed by atoms with van der Waals surface area (Å²) in [6, 6.07) is 8.73. The zero-order valence-electron chi connectivity index (χ0n) is 17.5. The number of aromatic nitrogens is 2. The fraction of sp³-hybridized carbons (Fsp3) is 0.565. The topological polar surface area (TPSA) is 59.5 Å². The normalized spacial score (nSPS) is 19.4. The van der Waals surface area contributed by atoms with Crippen LogP contribution in [0.4, 0.5) is 0 Å². The second kappa shape index (κ2) is 9.55. The van der Waals surface area contributed by atoms with E-state index in [0.717, 1.165) is 50.0 Å². The molecule has 3 heterocycles. The molecule has 0 bridgehead atoms. The average Bonchev–Trinajstić information content (AvgIpc) is 3.28. The third kappa shape index (κ3) is 4.70. The van der Waals surface area contributed by atoms with Crippen molar-refractivity contribution in [3.63, 3.8) is 0 Å². The van der Waals surface area contributed by atoms with E-state index in [1.165, 1.54) is 12.8 Å². The van der Waals surface area contributed by atoms with Gasteiger partial charge >= 0.3 is 0 Å². The van der Waals surface area contributed by atoms with Crippen LogP contribution in [0.5, 0.6) is 11.6 Å². The fourth-order valence-electron chi connectivity index (χ4n) is 4.58. The summed E-state index contributed by atoms with van der Waals surface area (Å²) in [4.78, 5) is 11.8. The third-order valence-electron chi connectivity index (χ3n) is 6.22. The lowest BCUT2D eigenvalue weighted by atomic mass is 9.97. The summed E-state index contributed by atoms with van der Waals surface area (Å²) in [5.41, 5.74) is 2.13. The molecule has 0 spiro atoms. The van der Waals surface area contributed by atoms with Crippen molar-refractivity contribution in [3.8, 4) is 11.6 Å². The zero-order valence-corrected chi connectivity index (χ0v) is 17.5. The Morgan fingerprint density at radius 1 is 1.10 bits per heavy atom. The molecule has 2 aliphatic rings. The Morgan fingerprint density at radius 3 is 2.59 bits per heavy atom. The number of rotatable bonds is 7. The SMILES string of the molecule is COc1ccc(C(c2cccnc2)N(C)C2CCNCC2)nc1OC1CCCC1. The van der Waals surface area contributed by atoms with Gasteiger partial charge in [0.2, 0.25) is 0 Å². The fourth-order valence-corrected chi connectivity index (χ4v) is 4.58. The van der Waals surface area contributed by atoms with Crippen molar-refractivity contribution >= 4 is 0 Å². The molecule has 1 atom stereocenters. The predicted octanol–water partition coefficient (Wildman–Crippen LogP) is 3.58. The molecule has 1 aliphatic heterocycles. The molecule has 6 nitrogen and oxygen atoms in total. The summed E-state index contributed by atoms with van der Waals surface area (Å²) < 4.78 is 11.8. The molecule has 2 aromatic rings. The van der Waals surface area contributed by atoms with Crippen molar-refractivity contribution in [2.75, 3.05) is 27.2 Å². The van der Waals surface area contributed by atoms with E-state index in [1.807, 2.05) is 24.5 Å². The molecule has 156 valence electrons. The molecule has 0 radical (unpaired) electrons. The van der Waals surface area contributed by atoms with Gasteiger partial charge in [-0.05, 0) is 82.4 Å². The Balaban J connectivity index is 1.67. The van der Waals surface area contributed by atoms with E-state index in [-0.39, 0.29) is 12.1 Å². The van der Waals surface area contributed by atoms with Crippen LogP contribution in [0, 0.1) is 0 Å². The van der Waals surface area contributed by atoms with Gasteiger partial charge in [0.05, 0.1) is 18.8 Å². The van der Waals surface area contributed by atoms with Crippen LogP contribution in [0.25, 0.3) is 0 Å². The van der Waals surface area contributed by atoms with Crippen LogP contribution in [0.3, 0.4) is 0 Å². The van der Waals surface area contributed by atoms with Gasteiger partial charge in [-0.25, -0.2) is 4.98 Å². The smallest absolute Gasteiger partial charge is 0.257 e. The first kappa shape index (κ1) is 20.1. The summed E-state index contributed by atoms with van der Waals surface area (Å²) in [5, 5.41) is 3.46. The maximum atomic E-state index is 6.27. The predicted molar refractivity (Wildman–Crippen MR) is 113 cm³/mol. The van der Waals surface area contributed by atoms with E-state index in [4.69, 9.17) is 14.5 Å². The number of ether oxygens (including phenoxy) is 2. The van der Waals surface area contributed by atoms with Crippen LogP contribution in [0.1, 0.15) is 55.8 Å². The second-order valence-electron chi connectivity index (χ2n) is 8.10. The molecular formula is C23H32N4O2. The monoisotopic (exact) mass is 396 g/mol. The van der Waals surface area contributed by atoms with Gasteiger partial charge in [-0.2, -0.15) is 0 Å². The Kier molecular flexibility index (Phi) is 6.62. The van der Waals surface area contributed by atoms with Crippen molar-refractivity contribution in [3.05, 3.63) is 47.9 Å². The molecule has 1 N–H and O–H groups in total. The molecule has 29 heavy (non-hydrogen) atoms. The maximum absolute atomic E-state index is 6.27. The highest BCUT2D eigenvalue weighted by atomic mass is 16.5. The molecule has 0 aromatic carbocycles. The Labute approximate surface area is 173 Å². The largest absolute Gasteiger partial charge is 0.491 e. The number of piperidine rings is 1. The lowest BCUT2D eigenvalue weighted by Gasteiger charge is -2.37. The van der Waals surface area contributed by atoms with Crippen molar-refractivity contribution < 1.29 is 9.47 Å². The van der Waals surface area contributed by atoms with Crippen LogP contribution in [0.2, 0.25) is 0 Å². The lowest BCUT2D eigenvalue weighted by molar-refractivity contribution is 0.157. The quantitative estimate of drug-likeness (QED) is 0.772. The van der Waals surface area contributed by atoms with Gasteiger partial charge in [-0.15, -0.1) is 0 Å².